The Bertz CT molecular complexity index is 129. The van der Waals surface area contributed by atoms with Crippen LogP contribution in [0, 0.1) is 0 Å². The third-order valence-electron chi connectivity index (χ3n) is 0.203. The molecule has 0 saturated carbocycles. The van der Waals surface area contributed by atoms with Crippen LogP contribution in [0.5, 0.6) is 0 Å². The fourth-order valence-electron chi connectivity index (χ4n) is 0.115. The van der Waals surface area contributed by atoms with Gasteiger partial charge >= 0.3 is 5.47 Å². The van der Waals surface area contributed by atoms with Gasteiger partial charge in [-0.15, -0.1) is 0 Å². The third kappa shape index (κ3) is 10.4. The number of hydrogen-bond donors (Lipinski definition) is 0. The van der Waals surface area contributed by atoms with Gasteiger partial charge in [0, 0.05) is 0 Å². The first-order valence-electron chi connectivity index (χ1n) is 1.41. The van der Waals surface area contributed by atoms with Gasteiger partial charge in [0.05, 0.1) is 0 Å². The van der Waals surface area contributed by atoms with E-state index in [1.54, 1.807) is 0 Å². The van der Waals surface area contributed by atoms with Crippen LogP contribution >= 0.6 is 78.0 Å². The lowest BCUT2D eigenvalue weighted by molar-refractivity contribution is 2.06. The van der Waals surface area contributed by atoms with E-state index >= 15 is 0 Å². The average Bonchev–Trinajstić information content (AvgIpc) is 1.14. The van der Waals surface area contributed by atoms with E-state index in [0.29, 0.717) is 0 Å². The molecule has 0 rings (SSSR count). The Kier molecular flexibility index (Phi) is 4.91. The minimum absolute atomic E-state index is 2.84. The zero-order valence-electron chi connectivity index (χ0n) is 3.61. The van der Waals surface area contributed by atoms with Crippen molar-refractivity contribution in [3.63, 3.8) is 0 Å². The smallest absolute Gasteiger partial charge is 0.0467 e. The number of hydrogen-bond acceptors (Lipinski definition) is 1. The van der Waals surface area contributed by atoms with Gasteiger partial charge in [-0.1, -0.05) is 0 Å². The maximum atomic E-state index is 5.27. The Hall–Kier alpha value is 2.40. The van der Waals surface area contributed by atoms with Crippen molar-refractivity contribution in [2.24, 2.45) is 4.52 Å². The third-order valence-corrected chi connectivity index (χ3v) is 5.48. The van der Waals surface area contributed by atoms with Gasteiger partial charge in [-0.3, -0.25) is 0 Å². The summed E-state index contributed by atoms with van der Waals surface area (Å²) in [5.41, 5.74) is -2.84. The van der Waals surface area contributed by atoms with Gasteiger partial charge in [0.15, 0.2) is 33.7 Å². The van der Waals surface area contributed by atoms with Gasteiger partial charge in [-0.25, -0.2) is 0 Å². The van der Waals surface area contributed by atoms with Crippen LogP contribution in [0.3, 0.4) is 0 Å². The van der Waals surface area contributed by atoms with Gasteiger partial charge in [0.25, 0.3) is 5.11 Å². The Morgan fingerprint density at radius 2 is 1.33 bits per heavy atom. The second-order valence-electron chi connectivity index (χ2n) is 0.926. The van der Waals surface area contributed by atoms with Crippen LogP contribution < -0.4 is 0 Å². The van der Waals surface area contributed by atoms with Crippen LogP contribution in [0.4, 0.5) is 0 Å². The normalized spacial score (nSPS) is 13.6. The van der Waals surface area contributed by atoms with E-state index in [-0.39, 0.29) is 0 Å². The summed E-state index contributed by atoms with van der Waals surface area (Å²) in [5, 5.41) is -2.84. The lowest BCUT2D eigenvalue weighted by Crippen LogP contribution is -1.45. The number of halogens is 6. The molecule has 0 bridgehead atoms. The van der Waals surface area contributed by atoms with Crippen LogP contribution in [-0.4, -0.2) is 0 Å². The molecule has 56 valence electrons. The zero-order chi connectivity index (χ0) is 7.71. The molecule has 0 aromatic rings. The van der Waals surface area contributed by atoms with Crippen molar-refractivity contribution in [3.05, 3.63) is 0 Å². The van der Waals surface area contributed by atoms with Crippen molar-refractivity contribution in [1.82, 2.24) is 0 Å². The van der Waals surface area contributed by atoms with Gasteiger partial charge in [0.2, 0.25) is 0 Å². The zero-order valence-corrected chi connectivity index (χ0v) is 9.93. The average molecular weight is 289 g/mol. The predicted molar refractivity (Wildman–Crippen MR) is 51.4 cm³/mol. The molecule has 0 unspecified atom stereocenters. The van der Waals surface area contributed by atoms with Gasteiger partial charge in [-0.05, 0) is 38.2 Å². The summed E-state index contributed by atoms with van der Waals surface area (Å²) in [7, 11) is 0. The molecule has 9 heteroatoms. The second-order valence-corrected chi connectivity index (χ2v) is 15.2. The Morgan fingerprint density at radius 3 is 1.33 bits per heavy atom. The molecule has 0 radical (unpaired) electrons. The number of nitrogens with zero attached hydrogens (tertiary/aromatic N) is 1. The van der Waals surface area contributed by atoms with E-state index in [4.69, 9.17) is 67.4 Å². The Balaban J connectivity index is 4.32. The minimum Gasteiger partial charge on any atom is -0.0467 e. The van der Waals surface area contributed by atoms with Crippen molar-refractivity contribution in [2.45, 2.75) is 0 Å². The van der Waals surface area contributed by atoms with E-state index in [0.717, 1.165) is 0 Å². The van der Waals surface area contributed by atoms with Crippen molar-refractivity contribution >= 4 is 78.0 Å². The first kappa shape index (κ1) is 11.4. The molecule has 0 aromatic carbocycles. The summed E-state index contributed by atoms with van der Waals surface area (Å²) < 4.78 is 3.36. The maximum Gasteiger partial charge on any atom is 0.423 e. The van der Waals surface area contributed by atoms with Crippen LogP contribution in [0.25, 0.3) is 0 Å². The van der Waals surface area contributed by atoms with Crippen molar-refractivity contribution in [2.75, 3.05) is 0 Å². The molecule has 0 atom stereocenters. The standard InChI is InChI=1S/Cl6NP2/c1-8(2,3)7-9(4,5)6/q+1. The first-order valence-corrected chi connectivity index (χ1v) is 10.3. The molecule has 0 amide bonds. The SMILES string of the molecule is ClP(Cl)(Cl)=N[P+](Cl)(Cl)Cl. The molecule has 0 saturated heterocycles. The molecule has 0 N–H and O–H groups in total. The molecule has 0 heterocycles. The molecule has 0 aliphatic heterocycles. The summed E-state index contributed by atoms with van der Waals surface area (Å²) in [6.45, 7) is 0. The van der Waals surface area contributed by atoms with Crippen LogP contribution in [0.2, 0.25) is 0 Å². The van der Waals surface area contributed by atoms with Crippen molar-refractivity contribution < 1.29 is 0 Å². The molecular weight excluding hydrogens is 289 g/mol. The highest BCUT2D eigenvalue weighted by atomic mass is 36.1. The van der Waals surface area contributed by atoms with E-state index < -0.39 is 10.6 Å². The van der Waals surface area contributed by atoms with E-state index in [2.05, 4.69) is 4.52 Å². The van der Waals surface area contributed by atoms with Crippen LogP contribution in [0.1, 0.15) is 0 Å². The molecular formula is Cl6NP2+. The van der Waals surface area contributed by atoms with E-state index in [1.807, 2.05) is 0 Å². The Morgan fingerprint density at radius 1 is 1.00 bits per heavy atom. The molecule has 0 spiro atoms. The monoisotopic (exact) mass is 286 g/mol. The molecule has 1 nitrogen and oxygen atoms in total. The minimum atomic E-state index is -2.84. The topological polar surface area (TPSA) is 12.4 Å². The molecule has 0 aliphatic carbocycles. The number of rotatable bonds is 1. The maximum absolute atomic E-state index is 5.27. The highest BCUT2D eigenvalue weighted by Gasteiger charge is 2.35. The molecule has 0 fully saturated rings. The lowest BCUT2D eigenvalue weighted by Gasteiger charge is -1.93. The lowest BCUT2D eigenvalue weighted by atomic mass is 13.9. The van der Waals surface area contributed by atoms with Crippen LogP contribution in [-0.2, 0) is 0 Å². The highest BCUT2D eigenvalue weighted by molar-refractivity contribution is 8.37. The molecule has 9 heavy (non-hydrogen) atoms. The van der Waals surface area contributed by atoms with Gasteiger partial charge < -0.3 is 0 Å². The summed E-state index contributed by atoms with van der Waals surface area (Å²) in [6.07, 6.45) is 0. The summed E-state index contributed by atoms with van der Waals surface area (Å²) >= 11 is 31.6. The second kappa shape index (κ2) is 3.87. The van der Waals surface area contributed by atoms with E-state index in [9.17, 15) is 0 Å². The summed E-state index contributed by atoms with van der Waals surface area (Å²) in [5.74, 6) is 0. The van der Waals surface area contributed by atoms with E-state index in [1.165, 1.54) is 0 Å². The fourth-order valence-corrected chi connectivity index (χ4v) is 9.31. The van der Waals surface area contributed by atoms with Gasteiger partial charge in [-0.2, -0.15) is 0 Å². The Labute approximate surface area is 82.1 Å². The molecule has 0 aromatic heterocycles. The molecule has 0 aliphatic rings. The van der Waals surface area contributed by atoms with Crippen molar-refractivity contribution in [3.8, 4) is 0 Å². The van der Waals surface area contributed by atoms with Crippen LogP contribution in [0.15, 0.2) is 4.52 Å². The highest BCUT2D eigenvalue weighted by Crippen LogP contribution is 2.83. The van der Waals surface area contributed by atoms with Crippen molar-refractivity contribution in [1.29, 1.82) is 0 Å². The quantitative estimate of drug-likeness (QED) is 0.521. The largest absolute Gasteiger partial charge is 0.423 e. The summed E-state index contributed by atoms with van der Waals surface area (Å²) in [6, 6.07) is 0. The van der Waals surface area contributed by atoms with Gasteiger partial charge in [0.1, 0.15) is 0 Å². The first-order chi connectivity index (χ1) is 3.71. The fraction of sp³-hybridized carbons (Fsp3) is 0. The predicted octanol–water partition coefficient (Wildman–Crippen LogP) is 6.04. The summed E-state index contributed by atoms with van der Waals surface area (Å²) in [4.78, 5) is 0.